The van der Waals surface area contributed by atoms with Gasteiger partial charge in [0.15, 0.2) is 25.7 Å². The molecule has 0 aromatic rings. The van der Waals surface area contributed by atoms with Crippen molar-refractivity contribution < 1.29 is 9.05 Å². The van der Waals surface area contributed by atoms with Gasteiger partial charge in [0.2, 0.25) is 0 Å². The molecule has 0 aliphatic heterocycles. The molecule has 0 aliphatic rings. The van der Waals surface area contributed by atoms with Crippen LogP contribution in [0.5, 0.6) is 0 Å². The highest BCUT2D eigenvalue weighted by molar-refractivity contribution is 7.46. The third-order valence-corrected chi connectivity index (χ3v) is 1.87. The molecule has 0 N–H and O–H groups in total. The van der Waals surface area contributed by atoms with E-state index in [1.165, 1.54) is 0 Å². The van der Waals surface area contributed by atoms with Crippen molar-refractivity contribution in [3.8, 4) is 0 Å². The van der Waals surface area contributed by atoms with Gasteiger partial charge < -0.3 is 9.05 Å². The van der Waals surface area contributed by atoms with Crippen molar-refractivity contribution >= 4 is 25.7 Å². The van der Waals surface area contributed by atoms with Gasteiger partial charge in [-0.15, -0.1) is 0 Å². The van der Waals surface area contributed by atoms with Crippen LogP contribution in [-0.2, 0) is 9.05 Å². The monoisotopic (exact) mass is 166 g/mol. The molecule has 4 heteroatoms. The smallest absolute Gasteiger partial charge is 0.187 e. The van der Waals surface area contributed by atoms with Gasteiger partial charge in [-0.2, -0.15) is 0 Å². The Kier molecular flexibility index (Phi) is 12.4. The van der Waals surface area contributed by atoms with Crippen LogP contribution in [0.1, 0.15) is 13.8 Å². The quantitative estimate of drug-likeness (QED) is 0.454. The van der Waals surface area contributed by atoms with Crippen LogP contribution in [0, 0.1) is 0 Å². The number of rotatable bonds is 4. The Hall–Kier alpha value is 0.882. The lowest BCUT2D eigenvalue weighted by atomic mass is 10.9. The molecule has 0 saturated carbocycles. The van der Waals surface area contributed by atoms with E-state index in [1.54, 1.807) is 0 Å². The predicted molar refractivity (Wildman–Crippen MR) is 46.0 cm³/mol. The van der Waals surface area contributed by atoms with E-state index in [0.717, 1.165) is 13.2 Å². The normalized spacial score (nSPS) is 9.33. The van der Waals surface area contributed by atoms with Gasteiger partial charge in [0.25, 0.3) is 0 Å². The highest BCUT2D eigenvalue weighted by atomic mass is 31.2. The Balaban J connectivity index is 0. The zero-order valence-corrected chi connectivity index (χ0v) is 6.57. The Morgan fingerprint density at radius 3 is 1.67 bits per heavy atom. The predicted octanol–water partition coefficient (Wildman–Crippen LogP) is 0.817. The summed E-state index contributed by atoms with van der Waals surface area (Å²) in [5.41, 5.74) is 0. The van der Waals surface area contributed by atoms with Crippen molar-refractivity contribution in [3.63, 3.8) is 0 Å². The largest absolute Gasteiger partial charge is 0.335 e. The maximum atomic E-state index is 5.12. The molecule has 0 radical (unpaired) electrons. The maximum absolute atomic E-state index is 5.12. The van der Waals surface area contributed by atoms with Gasteiger partial charge in [-0.25, -0.2) is 0 Å². The number of hydrogen-bond donors (Lipinski definition) is 0. The van der Waals surface area contributed by atoms with Crippen LogP contribution in [0.25, 0.3) is 0 Å². The minimum absolute atomic E-state index is 0. The molecule has 0 aromatic carbocycles. The molecule has 0 aromatic heterocycles. The molecule has 0 atom stereocenters. The molecule has 56 valence electrons. The second kappa shape index (κ2) is 8.88. The van der Waals surface area contributed by atoms with Crippen molar-refractivity contribution in [3.05, 3.63) is 0 Å². The second-order valence-electron chi connectivity index (χ2n) is 1.28. The summed E-state index contributed by atoms with van der Waals surface area (Å²) >= 11 is 0. The van der Waals surface area contributed by atoms with E-state index < -0.39 is 8.38 Å². The van der Waals surface area contributed by atoms with Gasteiger partial charge in [0.05, 0.1) is 13.2 Å². The fraction of sp³-hybridized carbons (Fsp3) is 1.00. The summed E-state index contributed by atoms with van der Waals surface area (Å²) in [6, 6.07) is 0. The minimum Gasteiger partial charge on any atom is -0.335 e. The maximum Gasteiger partial charge on any atom is 0.187 e. The van der Waals surface area contributed by atoms with Gasteiger partial charge >= 0.3 is 0 Å². The molecule has 0 heterocycles. The molecule has 0 unspecified atom stereocenters. The van der Waals surface area contributed by atoms with Gasteiger partial charge in [-0.1, -0.05) is 0 Å². The molecular weight excluding hydrogens is 150 g/mol. The Bertz CT molecular complexity index is 48.2. The SMILES string of the molecule is CCOP(C)OCC.[AlH3]. The average Bonchev–Trinajstić information content (AvgIpc) is 1.68. The summed E-state index contributed by atoms with van der Waals surface area (Å²) < 4.78 is 10.2. The Morgan fingerprint density at radius 2 is 1.44 bits per heavy atom. The Labute approximate surface area is 69.0 Å². The Morgan fingerprint density at radius 1 is 1.11 bits per heavy atom. The summed E-state index contributed by atoms with van der Waals surface area (Å²) in [6.07, 6.45) is 0. The standard InChI is InChI=1S/C5H13O2P.Al.3H/c1-4-6-8(3)7-5-2;;;;/h4-5H2,1-3H3;;;;. The van der Waals surface area contributed by atoms with Gasteiger partial charge in [-0.05, 0) is 13.8 Å². The molecule has 2 nitrogen and oxygen atoms in total. The molecule has 0 amide bonds. The van der Waals surface area contributed by atoms with E-state index >= 15 is 0 Å². The molecule has 0 saturated heterocycles. The molecule has 9 heavy (non-hydrogen) atoms. The van der Waals surface area contributed by atoms with Crippen molar-refractivity contribution in [2.75, 3.05) is 19.9 Å². The zero-order valence-electron chi connectivity index (χ0n) is 5.68. The van der Waals surface area contributed by atoms with E-state index in [1.807, 2.05) is 20.5 Å². The van der Waals surface area contributed by atoms with E-state index in [0.29, 0.717) is 0 Å². The van der Waals surface area contributed by atoms with Crippen LogP contribution in [0.4, 0.5) is 0 Å². The first-order valence-corrected chi connectivity index (χ1v) is 4.43. The fourth-order valence-corrected chi connectivity index (χ4v) is 1.20. The highest BCUT2D eigenvalue weighted by Crippen LogP contribution is 2.32. The van der Waals surface area contributed by atoms with E-state index in [2.05, 4.69) is 0 Å². The summed E-state index contributed by atoms with van der Waals surface area (Å²) in [5.74, 6) is 0. The van der Waals surface area contributed by atoms with Gasteiger partial charge in [0, 0.05) is 6.66 Å². The molecule has 0 rings (SSSR count). The summed E-state index contributed by atoms with van der Waals surface area (Å²) in [7, 11) is -0.581. The molecule has 0 spiro atoms. The zero-order chi connectivity index (χ0) is 6.41. The average molecular weight is 166 g/mol. The first-order chi connectivity index (χ1) is 3.81. The topological polar surface area (TPSA) is 18.5 Å². The first-order valence-electron chi connectivity index (χ1n) is 2.80. The van der Waals surface area contributed by atoms with Crippen LogP contribution < -0.4 is 0 Å². The molecule has 0 bridgehead atoms. The third kappa shape index (κ3) is 8.88. The second-order valence-corrected chi connectivity index (χ2v) is 2.67. The van der Waals surface area contributed by atoms with Gasteiger partial charge in [-0.3, -0.25) is 0 Å². The first kappa shape index (κ1) is 12.5. The molecular formula is C5H16AlO2P. The van der Waals surface area contributed by atoms with Crippen molar-refractivity contribution in [1.29, 1.82) is 0 Å². The van der Waals surface area contributed by atoms with Crippen LogP contribution in [0.15, 0.2) is 0 Å². The van der Waals surface area contributed by atoms with E-state index in [-0.39, 0.29) is 17.4 Å². The fourth-order valence-electron chi connectivity index (χ4n) is 0.401. The highest BCUT2D eigenvalue weighted by Gasteiger charge is 1.96. The van der Waals surface area contributed by atoms with Crippen LogP contribution >= 0.6 is 8.38 Å². The number of hydrogen-bond acceptors (Lipinski definition) is 2. The summed E-state index contributed by atoms with van der Waals surface area (Å²) in [6.45, 7) is 7.41. The van der Waals surface area contributed by atoms with Crippen molar-refractivity contribution in [2.45, 2.75) is 13.8 Å². The lowest BCUT2D eigenvalue weighted by Gasteiger charge is -2.08. The third-order valence-electron chi connectivity index (χ3n) is 0.622. The summed E-state index contributed by atoms with van der Waals surface area (Å²) in [5, 5.41) is 0. The van der Waals surface area contributed by atoms with Crippen LogP contribution in [0.2, 0.25) is 0 Å². The van der Waals surface area contributed by atoms with Gasteiger partial charge in [0.1, 0.15) is 0 Å². The van der Waals surface area contributed by atoms with Crippen LogP contribution in [-0.4, -0.2) is 37.2 Å². The van der Waals surface area contributed by atoms with E-state index in [4.69, 9.17) is 9.05 Å². The summed E-state index contributed by atoms with van der Waals surface area (Å²) in [4.78, 5) is 0. The van der Waals surface area contributed by atoms with Crippen LogP contribution in [0.3, 0.4) is 0 Å². The lowest BCUT2D eigenvalue weighted by molar-refractivity contribution is 0.274. The van der Waals surface area contributed by atoms with Crippen molar-refractivity contribution in [1.82, 2.24) is 0 Å². The van der Waals surface area contributed by atoms with Crippen molar-refractivity contribution in [2.24, 2.45) is 0 Å². The van der Waals surface area contributed by atoms with E-state index in [9.17, 15) is 0 Å². The lowest BCUT2D eigenvalue weighted by Crippen LogP contribution is -1.87. The minimum atomic E-state index is -0.581. The molecule has 0 fully saturated rings. The molecule has 0 aliphatic carbocycles.